The predicted molar refractivity (Wildman–Crippen MR) is 73.7 cm³/mol. The Hall–Kier alpha value is -2.17. The quantitative estimate of drug-likeness (QED) is 0.775. The van der Waals surface area contributed by atoms with Gasteiger partial charge in [-0.05, 0) is 31.1 Å². The monoisotopic (exact) mass is 278 g/mol. The molecule has 2 rings (SSSR count). The number of hydrogen-bond donors (Lipinski definition) is 0. The minimum atomic E-state index is -0.206. The van der Waals surface area contributed by atoms with Crippen molar-refractivity contribution in [3.8, 4) is 17.2 Å². The van der Waals surface area contributed by atoms with Crippen LogP contribution in [0.4, 0.5) is 0 Å². The van der Waals surface area contributed by atoms with Gasteiger partial charge in [-0.15, -0.1) is 0 Å². The van der Waals surface area contributed by atoms with Gasteiger partial charge in [0.15, 0.2) is 17.3 Å². The van der Waals surface area contributed by atoms with Crippen molar-refractivity contribution in [2.45, 2.75) is 12.8 Å². The first kappa shape index (κ1) is 14.2. The Morgan fingerprint density at radius 1 is 1.10 bits per heavy atom. The molecule has 108 valence electrons. The third kappa shape index (κ3) is 2.57. The fraction of sp³-hybridized carbons (Fsp3) is 0.400. The first-order valence-corrected chi connectivity index (χ1v) is 6.39. The SMILES string of the molecule is COc1ccc(C(=O)C2=CCCCO2)c(OC)c1OC. The average molecular weight is 278 g/mol. The molecule has 0 amide bonds. The third-order valence-electron chi connectivity index (χ3n) is 3.11. The van der Waals surface area contributed by atoms with Gasteiger partial charge in [-0.25, -0.2) is 0 Å². The fourth-order valence-corrected chi connectivity index (χ4v) is 2.13. The lowest BCUT2D eigenvalue weighted by atomic mass is 10.0. The maximum absolute atomic E-state index is 12.5. The van der Waals surface area contributed by atoms with Crippen LogP contribution < -0.4 is 14.2 Å². The Bertz CT molecular complexity index is 533. The van der Waals surface area contributed by atoms with Crippen LogP contribution in [-0.4, -0.2) is 33.7 Å². The summed E-state index contributed by atoms with van der Waals surface area (Å²) in [6, 6.07) is 3.33. The summed E-state index contributed by atoms with van der Waals surface area (Å²) in [6.07, 6.45) is 3.58. The Labute approximate surface area is 118 Å². The van der Waals surface area contributed by atoms with Gasteiger partial charge in [-0.3, -0.25) is 4.79 Å². The van der Waals surface area contributed by atoms with E-state index in [1.54, 1.807) is 12.1 Å². The van der Waals surface area contributed by atoms with Gasteiger partial charge >= 0.3 is 0 Å². The zero-order chi connectivity index (χ0) is 14.5. The second kappa shape index (κ2) is 6.32. The summed E-state index contributed by atoms with van der Waals surface area (Å²) >= 11 is 0. The van der Waals surface area contributed by atoms with Crippen molar-refractivity contribution in [2.75, 3.05) is 27.9 Å². The van der Waals surface area contributed by atoms with E-state index in [0.717, 1.165) is 12.8 Å². The topological polar surface area (TPSA) is 54.0 Å². The summed E-state index contributed by atoms with van der Waals surface area (Å²) in [7, 11) is 4.53. The molecule has 0 aliphatic carbocycles. The molecular weight excluding hydrogens is 260 g/mol. The zero-order valence-electron chi connectivity index (χ0n) is 11.9. The van der Waals surface area contributed by atoms with Crippen LogP contribution in [0.3, 0.4) is 0 Å². The zero-order valence-corrected chi connectivity index (χ0v) is 11.9. The number of carbonyl (C=O) groups excluding carboxylic acids is 1. The molecule has 0 spiro atoms. The Kier molecular flexibility index (Phi) is 4.50. The van der Waals surface area contributed by atoms with Crippen LogP contribution >= 0.6 is 0 Å². The minimum Gasteiger partial charge on any atom is -0.493 e. The molecule has 5 nitrogen and oxygen atoms in total. The summed E-state index contributed by atoms with van der Waals surface area (Å²) in [5.41, 5.74) is 0.401. The summed E-state index contributed by atoms with van der Waals surface area (Å²) in [5.74, 6) is 1.42. The standard InChI is InChI=1S/C15H18O5/c1-17-12-8-7-10(14(18-2)15(12)19-3)13(16)11-6-4-5-9-20-11/h6-8H,4-5,9H2,1-3H3. The molecule has 1 aromatic carbocycles. The van der Waals surface area contributed by atoms with Crippen LogP contribution in [0.25, 0.3) is 0 Å². The van der Waals surface area contributed by atoms with E-state index in [0.29, 0.717) is 35.2 Å². The molecule has 20 heavy (non-hydrogen) atoms. The minimum absolute atomic E-state index is 0.206. The van der Waals surface area contributed by atoms with E-state index in [9.17, 15) is 4.79 Å². The van der Waals surface area contributed by atoms with Gasteiger partial charge in [-0.2, -0.15) is 0 Å². The highest BCUT2D eigenvalue weighted by Crippen LogP contribution is 2.40. The molecule has 0 radical (unpaired) electrons. The lowest BCUT2D eigenvalue weighted by Crippen LogP contribution is -2.13. The van der Waals surface area contributed by atoms with Crippen LogP contribution in [0.2, 0.25) is 0 Å². The van der Waals surface area contributed by atoms with Crippen LogP contribution in [0.1, 0.15) is 23.2 Å². The molecule has 0 unspecified atom stereocenters. The van der Waals surface area contributed by atoms with Crippen molar-refractivity contribution in [1.82, 2.24) is 0 Å². The van der Waals surface area contributed by atoms with Gasteiger partial charge in [0.05, 0.1) is 33.5 Å². The van der Waals surface area contributed by atoms with Gasteiger partial charge in [-0.1, -0.05) is 0 Å². The van der Waals surface area contributed by atoms with E-state index in [-0.39, 0.29) is 5.78 Å². The highest BCUT2D eigenvalue weighted by atomic mass is 16.5. The molecule has 0 fully saturated rings. The molecule has 0 aromatic heterocycles. The van der Waals surface area contributed by atoms with Crippen LogP contribution in [0, 0.1) is 0 Å². The second-order valence-electron chi connectivity index (χ2n) is 4.27. The van der Waals surface area contributed by atoms with E-state index in [1.165, 1.54) is 21.3 Å². The van der Waals surface area contributed by atoms with Gasteiger partial charge in [0.2, 0.25) is 11.5 Å². The third-order valence-corrected chi connectivity index (χ3v) is 3.11. The first-order valence-electron chi connectivity index (χ1n) is 6.39. The molecule has 0 N–H and O–H groups in total. The summed E-state index contributed by atoms with van der Waals surface area (Å²) in [4.78, 5) is 12.5. The molecule has 1 aliphatic heterocycles. The lowest BCUT2D eigenvalue weighted by molar-refractivity contribution is 0.0895. The smallest absolute Gasteiger partial charge is 0.231 e. The van der Waals surface area contributed by atoms with Crippen LogP contribution in [0.5, 0.6) is 17.2 Å². The Balaban J connectivity index is 2.45. The first-order chi connectivity index (χ1) is 9.72. The molecule has 0 bridgehead atoms. The largest absolute Gasteiger partial charge is 0.493 e. The van der Waals surface area contributed by atoms with Crippen molar-refractivity contribution in [1.29, 1.82) is 0 Å². The fourth-order valence-electron chi connectivity index (χ4n) is 2.13. The van der Waals surface area contributed by atoms with E-state index in [2.05, 4.69) is 0 Å². The number of hydrogen-bond acceptors (Lipinski definition) is 5. The van der Waals surface area contributed by atoms with Crippen molar-refractivity contribution >= 4 is 5.78 Å². The Morgan fingerprint density at radius 3 is 2.40 bits per heavy atom. The van der Waals surface area contributed by atoms with Gasteiger partial charge in [0, 0.05) is 0 Å². The predicted octanol–water partition coefficient (Wildman–Crippen LogP) is 2.59. The van der Waals surface area contributed by atoms with E-state index < -0.39 is 0 Å². The van der Waals surface area contributed by atoms with Crippen molar-refractivity contribution in [3.63, 3.8) is 0 Å². The number of ether oxygens (including phenoxy) is 4. The second-order valence-corrected chi connectivity index (χ2v) is 4.27. The molecule has 0 saturated carbocycles. The number of allylic oxidation sites excluding steroid dienone is 2. The molecule has 0 atom stereocenters. The Morgan fingerprint density at radius 2 is 1.85 bits per heavy atom. The average Bonchev–Trinajstić information content (AvgIpc) is 2.53. The molecule has 1 heterocycles. The highest BCUT2D eigenvalue weighted by Gasteiger charge is 2.24. The number of ketones is 1. The molecular formula is C15H18O5. The van der Waals surface area contributed by atoms with Crippen molar-refractivity contribution in [3.05, 3.63) is 29.5 Å². The van der Waals surface area contributed by atoms with Gasteiger partial charge < -0.3 is 18.9 Å². The van der Waals surface area contributed by atoms with Gasteiger partial charge in [0.25, 0.3) is 0 Å². The van der Waals surface area contributed by atoms with Crippen molar-refractivity contribution in [2.24, 2.45) is 0 Å². The number of carbonyl (C=O) groups is 1. The molecule has 1 aromatic rings. The lowest BCUT2D eigenvalue weighted by Gasteiger charge is -2.17. The summed E-state index contributed by atoms with van der Waals surface area (Å²) in [5, 5.41) is 0. The maximum Gasteiger partial charge on any atom is 0.231 e. The molecule has 5 heteroatoms. The van der Waals surface area contributed by atoms with Gasteiger partial charge in [0.1, 0.15) is 0 Å². The highest BCUT2D eigenvalue weighted by molar-refractivity contribution is 6.10. The normalized spacial score (nSPS) is 14.1. The maximum atomic E-state index is 12.5. The van der Waals surface area contributed by atoms with Crippen molar-refractivity contribution < 1.29 is 23.7 Å². The van der Waals surface area contributed by atoms with Crippen LogP contribution in [-0.2, 0) is 4.74 Å². The number of methoxy groups -OCH3 is 3. The molecule has 0 saturated heterocycles. The summed E-state index contributed by atoms with van der Waals surface area (Å²) in [6.45, 7) is 0.563. The number of rotatable bonds is 5. The number of Topliss-reactive ketones (excluding diaryl/α,β-unsaturated/α-hetero) is 1. The van der Waals surface area contributed by atoms with Crippen LogP contribution in [0.15, 0.2) is 24.0 Å². The molecule has 1 aliphatic rings. The van der Waals surface area contributed by atoms with E-state index in [1.807, 2.05) is 6.08 Å². The summed E-state index contributed by atoms with van der Waals surface area (Å²) < 4.78 is 21.2. The van der Waals surface area contributed by atoms with E-state index >= 15 is 0 Å². The van der Waals surface area contributed by atoms with E-state index in [4.69, 9.17) is 18.9 Å². The number of benzene rings is 1.